The quantitative estimate of drug-likeness (QED) is 0.451. The second-order valence-electron chi connectivity index (χ2n) is 8.35. The van der Waals surface area contributed by atoms with Gasteiger partial charge in [-0.15, -0.1) is 10.2 Å². The van der Waals surface area contributed by atoms with Gasteiger partial charge in [0.1, 0.15) is 17.3 Å². The molecule has 0 bridgehead atoms. The molecule has 2 amide bonds. The molecule has 8 heteroatoms. The predicted molar refractivity (Wildman–Crippen MR) is 129 cm³/mol. The Balaban J connectivity index is 1.37. The van der Waals surface area contributed by atoms with Gasteiger partial charge in [-0.1, -0.05) is 24.3 Å². The fourth-order valence-corrected chi connectivity index (χ4v) is 4.32. The Labute approximate surface area is 195 Å². The number of fused-ring (bicyclic) bond motifs is 1. The number of hydrogen-bond acceptors (Lipinski definition) is 4. The molecule has 1 fully saturated rings. The highest BCUT2D eigenvalue weighted by Crippen LogP contribution is 2.32. The van der Waals surface area contributed by atoms with E-state index in [1.165, 1.54) is 24.3 Å². The van der Waals surface area contributed by atoms with Crippen molar-refractivity contribution in [1.82, 2.24) is 15.1 Å². The molecule has 1 atom stereocenters. The van der Waals surface area contributed by atoms with E-state index in [-0.39, 0.29) is 23.7 Å². The first-order chi connectivity index (χ1) is 16.5. The van der Waals surface area contributed by atoms with E-state index in [4.69, 9.17) is 0 Å². The molecule has 3 aromatic carbocycles. The molecule has 34 heavy (non-hydrogen) atoms. The van der Waals surface area contributed by atoms with Crippen LogP contribution in [0.2, 0.25) is 0 Å². The van der Waals surface area contributed by atoms with Crippen molar-refractivity contribution in [2.24, 2.45) is 0 Å². The van der Waals surface area contributed by atoms with Crippen LogP contribution in [-0.4, -0.2) is 46.8 Å². The van der Waals surface area contributed by atoms with Crippen molar-refractivity contribution < 1.29 is 13.6 Å². The first kappa shape index (κ1) is 21.8. The summed E-state index contributed by atoms with van der Waals surface area (Å²) in [5, 5.41) is 13.7. The molecule has 5 rings (SSSR count). The summed E-state index contributed by atoms with van der Waals surface area (Å²) in [6.45, 7) is 3.67. The summed E-state index contributed by atoms with van der Waals surface area (Å²) in [5.41, 5.74) is 2.05. The molecule has 1 aliphatic heterocycles. The SMILES string of the molecule is C[C@@H]1CN(c2nnc(-c3ccc(F)cc3)c3ccccc23)CCN1C(=O)Nc1ccc(F)cc1. The number of carbonyl (C=O) groups excluding carboxylic acids is 1. The van der Waals surface area contributed by atoms with Crippen LogP contribution in [0.15, 0.2) is 72.8 Å². The molecule has 0 radical (unpaired) electrons. The number of piperazine rings is 1. The summed E-state index contributed by atoms with van der Waals surface area (Å²) in [4.78, 5) is 16.7. The van der Waals surface area contributed by atoms with Crippen LogP contribution in [0.1, 0.15) is 6.92 Å². The predicted octanol–water partition coefficient (Wildman–Crippen LogP) is 5.32. The smallest absolute Gasteiger partial charge is 0.322 e. The minimum Gasteiger partial charge on any atom is -0.351 e. The van der Waals surface area contributed by atoms with Crippen LogP contribution in [0.5, 0.6) is 0 Å². The molecule has 2 heterocycles. The van der Waals surface area contributed by atoms with Crippen molar-refractivity contribution >= 4 is 28.3 Å². The Morgan fingerprint density at radius 2 is 1.53 bits per heavy atom. The Morgan fingerprint density at radius 1 is 0.882 bits per heavy atom. The molecular formula is C26H23F2N5O. The van der Waals surface area contributed by atoms with Gasteiger partial charge in [0.15, 0.2) is 5.82 Å². The Hall–Kier alpha value is -4.07. The van der Waals surface area contributed by atoms with E-state index in [1.807, 2.05) is 31.2 Å². The van der Waals surface area contributed by atoms with Gasteiger partial charge in [-0.05, 0) is 55.5 Å². The molecule has 6 nitrogen and oxygen atoms in total. The van der Waals surface area contributed by atoms with E-state index < -0.39 is 0 Å². The summed E-state index contributed by atoms with van der Waals surface area (Å²) in [5.74, 6) is 0.110. The highest BCUT2D eigenvalue weighted by molar-refractivity contribution is 6.00. The van der Waals surface area contributed by atoms with Crippen LogP contribution < -0.4 is 10.2 Å². The second kappa shape index (κ2) is 9.05. The van der Waals surface area contributed by atoms with E-state index >= 15 is 0 Å². The van der Waals surface area contributed by atoms with Crippen molar-refractivity contribution in [3.05, 3.63) is 84.4 Å². The first-order valence-electron chi connectivity index (χ1n) is 11.1. The molecule has 0 saturated carbocycles. The highest BCUT2D eigenvalue weighted by atomic mass is 19.1. The normalized spacial score (nSPS) is 16.0. The summed E-state index contributed by atoms with van der Waals surface area (Å²) in [6, 6.07) is 19.5. The zero-order chi connectivity index (χ0) is 23.7. The lowest BCUT2D eigenvalue weighted by Gasteiger charge is -2.40. The van der Waals surface area contributed by atoms with Gasteiger partial charge in [0.2, 0.25) is 0 Å². The summed E-state index contributed by atoms with van der Waals surface area (Å²) in [6.07, 6.45) is 0. The maximum absolute atomic E-state index is 13.4. The van der Waals surface area contributed by atoms with Gasteiger partial charge in [-0.2, -0.15) is 0 Å². The fraction of sp³-hybridized carbons (Fsp3) is 0.192. The van der Waals surface area contributed by atoms with E-state index in [0.717, 1.165) is 22.2 Å². The van der Waals surface area contributed by atoms with Crippen LogP contribution in [-0.2, 0) is 0 Å². The van der Waals surface area contributed by atoms with Crippen molar-refractivity contribution in [3.8, 4) is 11.3 Å². The Kier molecular flexibility index (Phi) is 5.79. The number of amides is 2. The standard InChI is InChI=1S/C26H23F2N5O/c1-17-16-32(14-15-33(17)26(34)29-21-12-10-20(28)11-13-21)25-23-5-3-2-4-22(23)24(30-31-25)18-6-8-19(27)9-7-18/h2-13,17H,14-16H2,1H3,(H,29,34)/t17-/m1/s1. The molecular weight excluding hydrogens is 436 g/mol. The van der Waals surface area contributed by atoms with E-state index in [1.54, 1.807) is 29.2 Å². The average molecular weight is 460 g/mol. The third-order valence-corrected chi connectivity index (χ3v) is 6.07. The van der Waals surface area contributed by atoms with E-state index in [9.17, 15) is 13.6 Å². The minimum absolute atomic E-state index is 0.0773. The van der Waals surface area contributed by atoms with Crippen LogP contribution in [0.4, 0.5) is 25.1 Å². The van der Waals surface area contributed by atoms with E-state index in [2.05, 4.69) is 20.4 Å². The molecule has 0 spiro atoms. The number of carbonyl (C=O) groups is 1. The van der Waals surface area contributed by atoms with E-state index in [0.29, 0.717) is 31.0 Å². The molecule has 1 saturated heterocycles. The number of nitrogens with one attached hydrogen (secondary N) is 1. The average Bonchev–Trinajstić information content (AvgIpc) is 2.85. The molecule has 172 valence electrons. The molecule has 1 N–H and O–H groups in total. The summed E-state index contributed by atoms with van der Waals surface area (Å²) < 4.78 is 26.5. The zero-order valence-electron chi connectivity index (χ0n) is 18.6. The molecule has 4 aromatic rings. The third kappa shape index (κ3) is 4.26. The molecule has 1 aromatic heterocycles. The monoisotopic (exact) mass is 459 g/mol. The van der Waals surface area contributed by atoms with Crippen LogP contribution in [0.25, 0.3) is 22.0 Å². The second-order valence-corrected chi connectivity index (χ2v) is 8.35. The number of urea groups is 1. The topological polar surface area (TPSA) is 61.4 Å². The van der Waals surface area contributed by atoms with Crippen LogP contribution in [0, 0.1) is 11.6 Å². The first-order valence-corrected chi connectivity index (χ1v) is 11.1. The van der Waals surface area contributed by atoms with Crippen LogP contribution >= 0.6 is 0 Å². The fourth-order valence-electron chi connectivity index (χ4n) is 4.32. The lowest BCUT2D eigenvalue weighted by atomic mass is 10.0. The number of halogens is 2. The Morgan fingerprint density at radius 3 is 2.21 bits per heavy atom. The maximum Gasteiger partial charge on any atom is 0.322 e. The van der Waals surface area contributed by atoms with Crippen molar-refractivity contribution in [3.63, 3.8) is 0 Å². The lowest BCUT2D eigenvalue weighted by molar-refractivity contribution is 0.184. The van der Waals surface area contributed by atoms with Gasteiger partial charge in [0.05, 0.1) is 0 Å². The molecule has 0 unspecified atom stereocenters. The largest absolute Gasteiger partial charge is 0.351 e. The minimum atomic E-state index is -0.348. The number of hydrogen-bond donors (Lipinski definition) is 1. The van der Waals surface area contributed by atoms with Gasteiger partial charge in [0.25, 0.3) is 0 Å². The molecule has 0 aliphatic carbocycles. The number of aromatic nitrogens is 2. The van der Waals surface area contributed by atoms with Gasteiger partial charge in [-0.3, -0.25) is 0 Å². The Bertz CT molecular complexity index is 1330. The summed E-state index contributed by atoms with van der Waals surface area (Å²) in [7, 11) is 0. The van der Waals surface area contributed by atoms with Gasteiger partial charge in [0, 0.05) is 47.7 Å². The number of nitrogens with zero attached hydrogens (tertiary/aromatic N) is 4. The highest BCUT2D eigenvalue weighted by Gasteiger charge is 2.29. The van der Waals surface area contributed by atoms with Crippen molar-refractivity contribution in [2.75, 3.05) is 29.9 Å². The number of anilines is 2. The lowest BCUT2D eigenvalue weighted by Crippen LogP contribution is -2.55. The third-order valence-electron chi connectivity index (χ3n) is 6.07. The van der Waals surface area contributed by atoms with Crippen molar-refractivity contribution in [1.29, 1.82) is 0 Å². The van der Waals surface area contributed by atoms with Gasteiger partial charge >= 0.3 is 6.03 Å². The van der Waals surface area contributed by atoms with Gasteiger partial charge < -0.3 is 15.1 Å². The number of benzene rings is 3. The summed E-state index contributed by atoms with van der Waals surface area (Å²) >= 11 is 0. The molecule has 1 aliphatic rings. The van der Waals surface area contributed by atoms with Crippen LogP contribution in [0.3, 0.4) is 0 Å². The number of rotatable bonds is 3. The maximum atomic E-state index is 13.4. The zero-order valence-corrected chi connectivity index (χ0v) is 18.6. The van der Waals surface area contributed by atoms with Crippen molar-refractivity contribution in [2.45, 2.75) is 13.0 Å². The van der Waals surface area contributed by atoms with Gasteiger partial charge in [-0.25, -0.2) is 13.6 Å².